The van der Waals surface area contributed by atoms with Gasteiger partial charge in [-0.25, -0.2) is 0 Å². The first-order valence-corrected chi connectivity index (χ1v) is 18.2. The van der Waals surface area contributed by atoms with Gasteiger partial charge < -0.3 is 13.6 Å². The van der Waals surface area contributed by atoms with Gasteiger partial charge >= 0.3 is 5.97 Å². The Bertz CT molecular complexity index is 536. The number of carbonyl (C=O) groups excluding carboxylic acids is 1. The lowest BCUT2D eigenvalue weighted by Crippen LogP contribution is -2.48. The molecule has 0 aliphatic heterocycles. The second kappa shape index (κ2) is 11.4. The van der Waals surface area contributed by atoms with E-state index in [0.717, 1.165) is 12.8 Å². The van der Waals surface area contributed by atoms with E-state index in [1.165, 1.54) is 0 Å². The van der Waals surface area contributed by atoms with Crippen LogP contribution >= 0.6 is 15.9 Å². The molecule has 0 saturated heterocycles. The van der Waals surface area contributed by atoms with Crippen LogP contribution in [0.25, 0.3) is 0 Å². The Balaban J connectivity index is 5.53. The van der Waals surface area contributed by atoms with E-state index in [4.69, 9.17) is 13.6 Å². The Morgan fingerprint density at radius 1 is 0.900 bits per heavy atom. The van der Waals surface area contributed by atoms with Crippen LogP contribution in [0.3, 0.4) is 0 Å². The first kappa shape index (κ1) is 30.3. The number of halogens is 1. The third-order valence-corrected chi connectivity index (χ3v) is 16.5. The van der Waals surface area contributed by atoms with Crippen molar-refractivity contribution in [1.29, 1.82) is 0 Å². The molecular formula is C23H49BrO4Si2. The van der Waals surface area contributed by atoms with Gasteiger partial charge in [0.15, 0.2) is 16.6 Å². The van der Waals surface area contributed by atoms with Crippen LogP contribution in [0.1, 0.15) is 75.2 Å². The molecule has 0 bridgehead atoms. The van der Waals surface area contributed by atoms with Crippen LogP contribution in [0.5, 0.6) is 0 Å². The lowest BCUT2D eigenvalue weighted by molar-refractivity contribution is -0.152. The molecule has 0 aliphatic carbocycles. The largest absolute Gasteiger partial charge is 0.461 e. The fourth-order valence-corrected chi connectivity index (χ4v) is 5.29. The number of rotatable bonds is 11. The highest BCUT2D eigenvalue weighted by Gasteiger charge is 2.42. The van der Waals surface area contributed by atoms with Crippen LogP contribution in [0.4, 0.5) is 0 Å². The zero-order valence-corrected chi connectivity index (χ0v) is 25.5. The van der Waals surface area contributed by atoms with Gasteiger partial charge in [0, 0.05) is 12.5 Å². The molecule has 0 N–H and O–H groups in total. The Morgan fingerprint density at radius 3 is 1.73 bits per heavy atom. The average molecular weight is 526 g/mol. The Kier molecular flexibility index (Phi) is 11.6. The fraction of sp³-hybridized carbons (Fsp3) is 0.957. The molecule has 7 heteroatoms. The minimum Gasteiger partial charge on any atom is -0.461 e. The van der Waals surface area contributed by atoms with Gasteiger partial charge in [0.25, 0.3) is 0 Å². The van der Waals surface area contributed by atoms with Crippen molar-refractivity contribution in [3.63, 3.8) is 0 Å². The maximum absolute atomic E-state index is 12.2. The molecule has 180 valence electrons. The molecule has 0 rings (SSSR count). The zero-order chi connectivity index (χ0) is 24.1. The highest BCUT2D eigenvalue weighted by molar-refractivity contribution is 9.10. The van der Waals surface area contributed by atoms with Crippen molar-refractivity contribution in [3.05, 3.63) is 0 Å². The predicted octanol–water partition coefficient (Wildman–Crippen LogP) is 7.53. The lowest BCUT2D eigenvalue weighted by atomic mass is 9.94. The monoisotopic (exact) mass is 524 g/mol. The minimum absolute atomic E-state index is 0.000887. The van der Waals surface area contributed by atoms with Crippen molar-refractivity contribution in [2.24, 2.45) is 5.92 Å². The molecule has 1 unspecified atom stereocenters. The maximum Gasteiger partial charge on any atom is 0.319 e. The summed E-state index contributed by atoms with van der Waals surface area (Å²) in [6.45, 7) is 29.4. The average Bonchev–Trinajstić information content (AvgIpc) is 2.55. The summed E-state index contributed by atoms with van der Waals surface area (Å²) in [5.41, 5.74) is 0. The van der Waals surface area contributed by atoms with Gasteiger partial charge in [0.2, 0.25) is 0 Å². The van der Waals surface area contributed by atoms with E-state index in [2.05, 4.69) is 97.5 Å². The summed E-state index contributed by atoms with van der Waals surface area (Å²) in [5.74, 6) is -0.111. The van der Waals surface area contributed by atoms with E-state index < -0.39 is 16.6 Å². The SMILES string of the molecule is CC[C@@H](OC(=O)C(C)Br)[C@H](C)[C@H](CCO[Si](C)(C)C(C)(C)C)O[Si](C)(C)C(C)(C)C. The molecule has 0 fully saturated rings. The van der Waals surface area contributed by atoms with Crippen molar-refractivity contribution >= 4 is 38.5 Å². The fourth-order valence-electron chi connectivity index (χ4n) is 2.68. The molecular weight excluding hydrogens is 476 g/mol. The van der Waals surface area contributed by atoms with Crippen LogP contribution in [0.2, 0.25) is 36.3 Å². The van der Waals surface area contributed by atoms with Crippen LogP contribution in [0.15, 0.2) is 0 Å². The van der Waals surface area contributed by atoms with Crippen molar-refractivity contribution in [2.45, 2.75) is 128 Å². The molecule has 30 heavy (non-hydrogen) atoms. The highest BCUT2D eigenvalue weighted by Crippen LogP contribution is 2.40. The van der Waals surface area contributed by atoms with Crippen LogP contribution in [-0.2, 0) is 18.4 Å². The Morgan fingerprint density at radius 2 is 1.37 bits per heavy atom. The molecule has 4 nitrogen and oxygen atoms in total. The van der Waals surface area contributed by atoms with Gasteiger partial charge in [-0.05, 0) is 56.0 Å². The second-order valence-electron chi connectivity index (χ2n) is 11.7. The molecule has 0 aromatic rings. The molecule has 0 radical (unpaired) electrons. The molecule has 0 heterocycles. The smallest absolute Gasteiger partial charge is 0.319 e. The lowest BCUT2D eigenvalue weighted by Gasteiger charge is -2.43. The summed E-state index contributed by atoms with van der Waals surface area (Å²) in [6, 6.07) is 0. The number of esters is 1. The van der Waals surface area contributed by atoms with Gasteiger partial charge in [-0.2, -0.15) is 0 Å². The standard InChI is InChI=1S/C23H49BrO4Si2/c1-14-19(27-21(25)18(3)24)17(2)20(28-30(12,13)23(7,8)9)15-16-26-29(10,11)22(4,5)6/h17-20H,14-16H2,1-13H3/t17-,18?,19+,20-/m0/s1. The van der Waals surface area contributed by atoms with E-state index >= 15 is 0 Å². The van der Waals surface area contributed by atoms with E-state index in [1.54, 1.807) is 6.92 Å². The first-order chi connectivity index (χ1) is 13.3. The summed E-state index contributed by atoms with van der Waals surface area (Å²) in [7, 11) is -3.79. The minimum atomic E-state index is -1.98. The van der Waals surface area contributed by atoms with Crippen molar-refractivity contribution < 1.29 is 18.4 Å². The third kappa shape index (κ3) is 9.04. The summed E-state index contributed by atoms with van der Waals surface area (Å²) in [6.07, 6.45) is 1.42. The number of ether oxygens (including phenoxy) is 1. The predicted molar refractivity (Wildman–Crippen MR) is 138 cm³/mol. The van der Waals surface area contributed by atoms with Crippen molar-refractivity contribution in [2.75, 3.05) is 6.61 Å². The van der Waals surface area contributed by atoms with Gasteiger partial charge in [-0.3, -0.25) is 4.79 Å². The number of hydrogen-bond acceptors (Lipinski definition) is 4. The molecule has 4 atom stereocenters. The molecule has 0 aromatic carbocycles. The molecule has 0 amide bonds. The number of carbonyl (C=O) groups is 1. The summed E-state index contributed by atoms with van der Waals surface area (Å²) >= 11 is 3.33. The number of hydrogen-bond donors (Lipinski definition) is 0. The quantitative estimate of drug-likeness (QED) is 0.159. The van der Waals surface area contributed by atoms with Gasteiger partial charge in [0.1, 0.15) is 10.9 Å². The van der Waals surface area contributed by atoms with Crippen LogP contribution < -0.4 is 0 Å². The van der Waals surface area contributed by atoms with Gasteiger partial charge in [-0.1, -0.05) is 71.3 Å². The summed E-state index contributed by atoms with van der Waals surface area (Å²) in [5, 5.41) is 0.302. The van der Waals surface area contributed by atoms with Crippen molar-refractivity contribution in [1.82, 2.24) is 0 Å². The molecule has 0 saturated carbocycles. The van der Waals surface area contributed by atoms with Gasteiger partial charge in [0.05, 0.1) is 6.10 Å². The number of alkyl halides is 1. The first-order valence-electron chi connectivity index (χ1n) is 11.4. The highest BCUT2D eigenvalue weighted by atomic mass is 79.9. The van der Waals surface area contributed by atoms with E-state index in [9.17, 15) is 4.79 Å². The van der Waals surface area contributed by atoms with Crippen LogP contribution in [-0.4, -0.2) is 46.2 Å². The maximum atomic E-state index is 12.2. The van der Waals surface area contributed by atoms with Gasteiger partial charge in [-0.15, -0.1) is 0 Å². The van der Waals surface area contributed by atoms with Crippen LogP contribution in [0, 0.1) is 5.92 Å². The topological polar surface area (TPSA) is 44.8 Å². The van der Waals surface area contributed by atoms with Crippen molar-refractivity contribution in [3.8, 4) is 0 Å². The molecule has 0 spiro atoms. The Hall–Kier alpha value is 0.304. The zero-order valence-electron chi connectivity index (χ0n) is 21.9. The summed E-state index contributed by atoms with van der Waals surface area (Å²) < 4.78 is 19.2. The second-order valence-corrected chi connectivity index (χ2v) is 22.6. The van der Waals surface area contributed by atoms with E-state index in [-0.39, 0.29) is 39.0 Å². The molecule has 0 aromatic heterocycles. The normalized spacial score (nSPS) is 17.9. The third-order valence-electron chi connectivity index (χ3n) is 7.09. The van der Waals surface area contributed by atoms with E-state index in [0.29, 0.717) is 6.61 Å². The summed E-state index contributed by atoms with van der Waals surface area (Å²) in [4.78, 5) is 11.9. The molecule has 0 aliphatic rings. The van der Waals surface area contributed by atoms with E-state index in [1.807, 2.05) is 0 Å². The Labute approximate surface area is 197 Å².